The molecule has 7 heteroatoms. The van der Waals surface area contributed by atoms with E-state index in [2.05, 4.69) is 5.32 Å². The van der Waals surface area contributed by atoms with Gasteiger partial charge in [-0.3, -0.25) is 14.2 Å². The molecule has 2 aromatic carbocycles. The van der Waals surface area contributed by atoms with Gasteiger partial charge in [0, 0.05) is 6.04 Å². The molecule has 1 unspecified atom stereocenters. The Morgan fingerprint density at radius 1 is 1.20 bits per heavy atom. The molecule has 156 valence electrons. The number of rotatable bonds is 8. The maximum atomic E-state index is 13.1. The summed E-state index contributed by atoms with van der Waals surface area (Å²) in [6.07, 6.45) is 2.55. The van der Waals surface area contributed by atoms with Gasteiger partial charge in [0.25, 0.3) is 5.56 Å². The van der Waals surface area contributed by atoms with Crippen LogP contribution in [0.25, 0.3) is 10.9 Å². The van der Waals surface area contributed by atoms with Crippen molar-refractivity contribution in [1.82, 2.24) is 9.55 Å². The average Bonchev–Trinajstić information content (AvgIpc) is 3.58. The number of carbonyl (C=O) groups excluding carboxylic acids is 1. The summed E-state index contributed by atoms with van der Waals surface area (Å²) in [7, 11) is 0. The van der Waals surface area contributed by atoms with Crippen molar-refractivity contribution < 1.29 is 9.53 Å². The van der Waals surface area contributed by atoms with Gasteiger partial charge < -0.3 is 10.1 Å². The summed E-state index contributed by atoms with van der Waals surface area (Å²) in [5.41, 5.74) is 1.29. The highest BCUT2D eigenvalue weighted by Gasteiger charge is 2.30. The van der Waals surface area contributed by atoms with Gasteiger partial charge in [0.15, 0.2) is 5.16 Å². The first-order valence-corrected chi connectivity index (χ1v) is 11.2. The first-order valence-electron chi connectivity index (χ1n) is 10.3. The van der Waals surface area contributed by atoms with Crippen LogP contribution in [0.4, 0.5) is 5.69 Å². The number of hydrogen-bond acceptors (Lipinski definition) is 5. The maximum absolute atomic E-state index is 13.1. The number of aromatic nitrogens is 2. The van der Waals surface area contributed by atoms with E-state index in [0.29, 0.717) is 40.5 Å². The third-order valence-electron chi connectivity index (χ3n) is 5.04. The van der Waals surface area contributed by atoms with Crippen LogP contribution >= 0.6 is 11.8 Å². The van der Waals surface area contributed by atoms with E-state index in [4.69, 9.17) is 9.72 Å². The minimum Gasteiger partial charge on any atom is -0.492 e. The van der Waals surface area contributed by atoms with E-state index < -0.39 is 0 Å². The molecule has 1 N–H and O–H groups in total. The van der Waals surface area contributed by atoms with Crippen LogP contribution in [0.3, 0.4) is 0 Å². The fourth-order valence-electron chi connectivity index (χ4n) is 3.38. The minimum absolute atomic E-state index is 0.0254. The lowest BCUT2D eigenvalue weighted by Gasteiger charge is -2.18. The van der Waals surface area contributed by atoms with E-state index in [1.54, 1.807) is 4.57 Å². The summed E-state index contributed by atoms with van der Waals surface area (Å²) in [4.78, 5) is 30.9. The van der Waals surface area contributed by atoms with Gasteiger partial charge in [-0.25, -0.2) is 4.98 Å². The second-order valence-corrected chi connectivity index (χ2v) is 8.42. The Kier molecular flexibility index (Phi) is 6.08. The highest BCUT2D eigenvalue weighted by atomic mass is 32.2. The summed E-state index contributed by atoms with van der Waals surface area (Å²) in [5, 5.41) is 3.84. The average molecular weight is 424 g/mol. The van der Waals surface area contributed by atoms with Crippen LogP contribution in [0.5, 0.6) is 5.75 Å². The quantitative estimate of drug-likeness (QED) is 0.422. The predicted octanol–water partition coefficient (Wildman–Crippen LogP) is 4.64. The number of para-hydroxylation sites is 3. The van der Waals surface area contributed by atoms with E-state index >= 15 is 0 Å². The summed E-state index contributed by atoms with van der Waals surface area (Å²) in [5.74, 6) is 0.520. The van der Waals surface area contributed by atoms with Crippen molar-refractivity contribution in [3.8, 4) is 5.75 Å². The third-order valence-corrected chi connectivity index (χ3v) is 6.37. The minimum atomic E-state index is -0.377. The maximum Gasteiger partial charge on any atom is 0.262 e. The molecule has 3 aromatic rings. The van der Waals surface area contributed by atoms with Gasteiger partial charge in [0.05, 0.1) is 28.4 Å². The molecule has 0 aliphatic heterocycles. The lowest BCUT2D eigenvalue weighted by atomic mass is 10.2. The second kappa shape index (κ2) is 8.92. The molecule has 0 spiro atoms. The van der Waals surface area contributed by atoms with Gasteiger partial charge in [0.2, 0.25) is 5.91 Å². The molecule has 1 saturated carbocycles. The first-order chi connectivity index (χ1) is 14.6. The number of thioether (sulfide) groups is 1. The molecule has 1 atom stereocenters. The lowest BCUT2D eigenvalue weighted by Crippen LogP contribution is -2.28. The molecule has 1 aliphatic carbocycles. The second-order valence-electron chi connectivity index (χ2n) is 7.25. The van der Waals surface area contributed by atoms with E-state index in [-0.39, 0.29) is 22.8 Å². The van der Waals surface area contributed by atoms with Crippen molar-refractivity contribution >= 4 is 34.3 Å². The Labute approximate surface area is 179 Å². The number of benzene rings is 2. The van der Waals surface area contributed by atoms with E-state index in [1.807, 2.05) is 62.4 Å². The predicted molar refractivity (Wildman–Crippen MR) is 120 cm³/mol. The SMILES string of the molecule is CCOc1ccccc1NC(=O)C(CC)Sc1nc2ccccc2c(=O)n1C1CC1. The summed E-state index contributed by atoms with van der Waals surface area (Å²) >= 11 is 1.36. The van der Waals surface area contributed by atoms with Gasteiger partial charge in [-0.1, -0.05) is 43.0 Å². The molecule has 1 heterocycles. The molecule has 6 nitrogen and oxygen atoms in total. The molecule has 0 saturated heterocycles. The zero-order valence-corrected chi connectivity index (χ0v) is 17.9. The van der Waals surface area contributed by atoms with Crippen molar-refractivity contribution in [3.05, 3.63) is 58.9 Å². The van der Waals surface area contributed by atoms with Gasteiger partial charge >= 0.3 is 0 Å². The van der Waals surface area contributed by atoms with Crippen molar-refractivity contribution in [2.75, 3.05) is 11.9 Å². The van der Waals surface area contributed by atoms with Crippen LogP contribution in [0.15, 0.2) is 58.5 Å². The largest absolute Gasteiger partial charge is 0.492 e. The van der Waals surface area contributed by atoms with Crippen LogP contribution < -0.4 is 15.6 Å². The Balaban J connectivity index is 1.62. The molecule has 1 fully saturated rings. The molecule has 1 aromatic heterocycles. The normalized spacial score (nSPS) is 14.5. The molecule has 1 aliphatic rings. The zero-order valence-electron chi connectivity index (χ0n) is 17.1. The molecule has 0 bridgehead atoms. The number of anilines is 1. The third kappa shape index (κ3) is 4.21. The highest BCUT2D eigenvalue weighted by Crippen LogP contribution is 2.38. The number of nitrogens with zero attached hydrogens (tertiary/aromatic N) is 2. The Bertz CT molecular complexity index is 1120. The van der Waals surface area contributed by atoms with Crippen LogP contribution in [0.1, 0.15) is 39.2 Å². The van der Waals surface area contributed by atoms with Gasteiger partial charge in [-0.2, -0.15) is 0 Å². The summed E-state index contributed by atoms with van der Waals surface area (Å²) < 4.78 is 7.39. The van der Waals surface area contributed by atoms with Gasteiger partial charge in [0.1, 0.15) is 5.75 Å². The fraction of sp³-hybridized carbons (Fsp3) is 0.348. The zero-order chi connectivity index (χ0) is 21.1. The Morgan fingerprint density at radius 3 is 2.67 bits per heavy atom. The van der Waals surface area contributed by atoms with Gasteiger partial charge in [-0.15, -0.1) is 0 Å². The number of fused-ring (bicyclic) bond motifs is 1. The number of nitrogens with one attached hydrogen (secondary N) is 1. The standard InChI is InChI=1S/C23H25N3O3S/c1-3-20(21(27)24-18-11-7-8-12-19(18)29-4-2)30-23-25-17-10-6-5-9-16(17)22(28)26(23)15-13-14-15/h5-12,15,20H,3-4,13-14H2,1-2H3,(H,24,27). The van der Waals surface area contributed by atoms with E-state index in [0.717, 1.165) is 12.8 Å². The van der Waals surface area contributed by atoms with Crippen molar-refractivity contribution in [1.29, 1.82) is 0 Å². The summed E-state index contributed by atoms with van der Waals surface area (Å²) in [6, 6.07) is 15.0. The topological polar surface area (TPSA) is 73.2 Å². The number of hydrogen-bond donors (Lipinski definition) is 1. The summed E-state index contributed by atoms with van der Waals surface area (Å²) in [6.45, 7) is 4.39. The smallest absolute Gasteiger partial charge is 0.262 e. The number of amides is 1. The fourth-order valence-corrected chi connectivity index (χ4v) is 4.46. The van der Waals surface area contributed by atoms with Crippen LogP contribution in [0, 0.1) is 0 Å². The molecule has 4 rings (SSSR count). The molecule has 30 heavy (non-hydrogen) atoms. The van der Waals surface area contributed by atoms with E-state index in [1.165, 1.54) is 11.8 Å². The molecular weight excluding hydrogens is 398 g/mol. The molecular formula is C23H25N3O3S. The number of ether oxygens (including phenoxy) is 1. The lowest BCUT2D eigenvalue weighted by molar-refractivity contribution is -0.115. The van der Waals surface area contributed by atoms with E-state index in [9.17, 15) is 9.59 Å². The van der Waals surface area contributed by atoms with Crippen molar-refractivity contribution in [2.24, 2.45) is 0 Å². The monoisotopic (exact) mass is 423 g/mol. The van der Waals surface area contributed by atoms with Crippen molar-refractivity contribution in [2.45, 2.75) is 49.6 Å². The van der Waals surface area contributed by atoms with Gasteiger partial charge in [-0.05, 0) is 50.5 Å². The number of carbonyl (C=O) groups is 1. The van der Waals surface area contributed by atoms with Crippen molar-refractivity contribution in [3.63, 3.8) is 0 Å². The van der Waals surface area contributed by atoms with Crippen LogP contribution in [0.2, 0.25) is 0 Å². The van der Waals surface area contributed by atoms with Crippen LogP contribution in [-0.4, -0.2) is 27.3 Å². The molecule has 1 amide bonds. The van der Waals surface area contributed by atoms with Crippen LogP contribution in [-0.2, 0) is 4.79 Å². The first kappa shape index (κ1) is 20.5. The highest BCUT2D eigenvalue weighted by molar-refractivity contribution is 8.00. The Hall–Kier alpha value is -2.80. The molecule has 0 radical (unpaired) electrons. The Morgan fingerprint density at radius 2 is 1.93 bits per heavy atom.